The Labute approximate surface area is 278 Å². The van der Waals surface area contributed by atoms with Crippen molar-refractivity contribution < 1.29 is 76.5 Å². The molecule has 41 heavy (non-hydrogen) atoms. The van der Waals surface area contributed by atoms with E-state index in [4.69, 9.17) is 18.9 Å². The first-order valence-electron chi connectivity index (χ1n) is 14.2. The number of amides is 1. The first kappa shape index (κ1) is 42.6. The van der Waals surface area contributed by atoms with Crippen LogP contribution in [0, 0.1) is 25.7 Å². The van der Waals surface area contributed by atoms with Gasteiger partial charge in [0.05, 0.1) is 36.4 Å². The second-order valence-electron chi connectivity index (χ2n) is 11.4. The molecule has 7 atom stereocenters. The maximum absolute atomic E-state index is 12.7. The van der Waals surface area contributed by atoms with Crippen LogP contribution in [0.25, 0.3) is 0 Å². The molecule has 0 radical (unpaired) electrons. The van der Waals surface area contributed by atoms with Gasteiger partial charge in [-0.1, -0.05) is 39.0 Å². The molecule has 8 nitrogen and oxygen atoms in total. The van der Waals surface area contributed by atoms with Gasteiger partial charge < -0.3 is 66.8 Å². The van der Waals surface area contributed by atoms with Gasteiger partial charge in [0.2, 0.25) is 0 Å². The number of carboxylic acids is 1. The minimum atomic E-state index is -0.944. The molecule has 1 rings (SSSR count). The molecule has 0 saturated carbocycles. The minimum Gasteiger partial charge on any atom is -1.00 e. The number of ether oxygens (including phenoxy) is 4. The van der Waals surface area contributed by atoms with Crippen molar-refractivity contribution >= 4 is 12.1 Å². The number of aliphatic carboxylic acids is 1. The van der Waals surface area contributed by atoms with E-state index in [2.05, 4.69) is 54.5 Å². The fourth-order valence-electron chi connectivity index (χ4n) is 5.40. The van der Waals surface area contributed by atoms with E-state index in [1.54, 1.807) is 7.11 Å². The third-order valence-electron chi connectivity index (χ3n) is 7.30. The average molecular weight is 686 g/mol. The van der Waals surface area contributed by atoms with Gasteiger partial charge in [0.1, 0.15) is 6.10 Å². The molecule has 1 amide bonds. The first-order valence-corrected chi connectivity index (χ1v) is 14.2. The van der Waals surface area contributed by atoms with Gasteiger partial charge in [0.15, 0.2) is 0 Å². The number of carboxylic acid groups (broad SMARTS) is 1. The Kier molecular flexibility index (Phi) is 22.0. The molecule has 0 aromatic heterocycles. The summed E-state index contributed by atoms with van der Waals surface area (Å²) in [5.74, 6) is -0.826. The largest absolute Gasteiger partial charge is 1.00 e. The standard InChI is InChI=1S/C31H53NO7.HI.Li/c1-11-17-32(13-3)30(35)38-27-18-25(19-28(33)34)37-29(23(27)6)22(5)16-14-15-21(4)20-31(8,9)39-24(7)26(12-2)36-10;;/h14-16,21,23-27,29H,1,3,11-13,17-20H2,2,4-10H3,(H,33,34);1H;/q-2;;+1/p-1/b15-14+,22-16+;;/t21-,23+,24-,25-,26+,27-,29-;;/m1../s1. The Hall–Kier alpha value is -0.573. The molecule has 0 aromatic rings. The van der Waals surface area contributed by atoms with E-state index in [0.717, 1.165) is 18.4 Å². The number of carbonyl (C=O) groups is 2. The van der Waals surface area contributed by atoms with Gasteiger partial charge >= 0.3 is 30.9 Å². The van der Waals surface area contributed by atoms with Gasteiger partial charge in [-0.05, 0) is 58.6 Å². The average Bonchev–Trinajstić information content (AvgIpc) is 2.83. The molecule has 0 bridgehead atoms. The van der Waals surface area contributed by atoms with Crippen LogP contribution in [0.2, 0.25) is 0 Å². The molecule has 0 aromatic carbocycles. The van der Waals surface area contributed by atoms with Crippen molar-refractivity contribution in [3.63, 3.8) is 0 Å². The number of rotatable bonds is 16. The molecular formula is C31H53ILiNO7-2. The number of nitrogens with zero attached hydrogens (tertiary/aromatic N) is 1. The molecule has 1 aliphatic rings. The van der Waals surface area contributed by atoms with Gasteiger partial charge in [0.25, 0.3) is 0 Å². The molecule has 0 unspecified atom stereocenters. The van der Waals surface area contributed by atoms with Crippen molar-refractivity contribution in [2.24, 2.45) is 11.8 Å². The predicted molar refractivity (Wildman–Crippen MR) is 154 cm³/mol. The van der Waals surface area contributed by atoms with Gasteiger partial charge in [-0.25, -0.2) is 4.79 Å². The van der Waals surface area contributed by atoms with Crippen LogP contribution in [-0.4, -0.2) is 78.4 Å². The molecule has 1 aliphatic heterocycles. The maximum Gasteiger partial charge on any atom is 1.00 e. The third-order valence-corrected chi connectivity index (χ3v) is 7.30. The molecular weight excluding hydrogens is 632 g/mol. The Morgan fingerprint density at radius 3 is 2.39 bits per heavy atom. The second kappa shape index (κ2) is 21.2. The van der Waals surface area contributed by atoms with E-state index in [0.29, 0.717) is 19.4 Å². The van der Waals surface area contributed by atoms with Crippen LogP contribution in [0.3, 0.4) is 0 Å². The monoisotopic (exact) mass is 685 g/mol. The number of hydrogen-bond acceptors (Lipinski definition) is 6. The van der Waals surface area contributed by atoms with Gasteiger partial charge in [-0.3, -0.25) is 4.79 Å². The normalized spacial score (nSPS) is 23.6. The van der Waals surface area contributed by atoms with Gasteiger partial charge in [-0.2, -0.15) is 6.42 Å². The molecule has 0 aliphatic carbocycles. The Morgan fingerprint density at radius 2 is 1.88 bits per heavy atom. The Balaban J connectivity index is 0. The molecule has 10 heteroatoms. The SMILES string of the molecule is [CH2-]CCN(C[CH2-])C(=O)O[C@@H]1C[C@H](CC(=O)O)O[C@H](/C(C)=C/C=C/[C@@H](C)CC(C)(C)O[C@H](C)[C@H](CC)OC)[C@H]1C.[I-].[Li+]. The quantitative estimate of drug-likeness (QED) is 0.108. The van der Waals surface area contributed by atoms with Crippen molar-refractivity contribution in [2.45, 2.75) is 117 Å². The van der Waals surface area contributed by atoms with E-state index in [9.17, 15) is 14.7 Å². The molecule has 0 spiro atoms. The maximum atomic E-state index is 12.7. The number of allylic oxidation sites excluding steroid dienone is 3. The van der Waals surface area contributed by atoms with Crippen LogP contribution in [0.1, 0.15) is 80.6 Å². The Morgan fingerprint density at radius 1 is 1.24 bits per heavy atom. The summed E-state index contributed by atoms with van der Waals surface area (Å²) in [7, 11) is 1.72. The Bertz CT molecular complexity index is 818. The molecule has 1 N–H and O–H groups in total. The van der Waals surface area contributed by atoms with Gasteiger partial charge in [0, 0.05) is 19.4 Å². The summed E-state index contributed by atoms with van der Waals surface area (Å²) in [5.41, 5.74) is 0.634. The van der Waals surface area contributed by atoms with E-state index in [1.807, 2.05) is 26.0 Å². The van der Waals surface area contributed by atoms with Crippen LogP contribution in [0.5, 0.6) is 0 Å². The predicted octanol–water partition coefficient (Wildman–Crippen LogP) is 0.266. The van der Waals surface area contributed by atoms with Gasteiger partial charge in [-0.15, -0.1) is 6.54 Å². The van der Waals surface area contributed by atoms with E-state index < -0.39 is 24.3 Å². The van der Waals surface area contributed by atoms with Crippen LogP contribution in [0.4, 0.5) is 4.79 Å². The zero-order valence-corrected chi connectivity index (χ0v) is 29.0. The smallest absolute Gasteiger partial charge is 1.00 e. The summed E-state index contributed by atoms with van der Waals surface area (Å²) in [5, 5.41) is 9.38. The third kappa shape index (κ3) is 15.1. The molecule has 1 heterocycles. The summed E-state index contributed by atoms with van der Waals surface area (Å²) < 4.78 is 23.9. The van der Waals surface area contributed by atoms with Crippen molar-refractivity contribution in [3.05, 3.63) is 37.6 Å². The van der Waals surface area contributed by atoms with Crippen LogP contribution < -0.4 is 42.8 Å². The number of carbonyl (C=O) groups excluding carboxylic acids is 1. The van der Waals surface area contributed by atoms with Crippen molar-refractivity contribution in [1.82, 2.24) is 4.90 Å². The fraction of sp³-hybridized carbons (Fsp3) is 0.742. The second-order valence-corrected chi connectivity index (χ2v) is 11.4. The summed E-state index contributed by atoms with van der Waals surface area (Å²) in [4.78, 5) is 25.7. The number of methoxy groups -OCH3 is 1. The zero-order valence-electron chi connectivity index (χ0n) is 26.9. The fourth-order valence-corrected chi connectivity index (χ4v) is 5.40. The van der Waals surface area contributed by atoms with Crippen LogP contribution in [-0.2, 0) is 23.7 Å². The summed E-state index contributed by atoms with van der Waals surface area (Å²) >= 11 is 0. The molecule has 234 valence electrons. The molecule has 1 saturated heterocycles. The number of halogens is 1. The summed E-state index contributed by atoms with van der Waals surface area (Å²) in [6.07, 6.45) is 6.85. The van der Waals surface area contributed by atoms with E-state index >= 15 is 0 Å². The topological polar surface area (TPSA) is 94.5 Å². The number of hydrogen-bond donors (Lipinski definition) is 1. The van der Waals surface area contributed by atoms with E-state index in [-0.39, 0.29) is 91.6 Å². The molecule has 1 fully saturated rings. The summed E-state index contributed by atoms with van der Waals surface area (Å²) in [6, 6.07) is 0. The minimum absolute atomic E-state index is 0. The van der Waals surface area contributed by atoms with Crippen molar-refractivity contribution in [1.29, 1.82) is 0 Å². The van der Waals surface area contributed by atoms with E-state index in [1.165, 1.54) is 4.90 Å². The van der Waals surface area contributed by atoms with Crippen molar-refractivity contribution in [2.75, 3.05) is 20.2 Å². The van der Waals surface area contributed by atoms with Crippen LogP contribution >= 0.6 is 0 Å². The first-order chi connectivity index (χ1) is 18.3. The van der Waals surface area contributed by atoms with Crippen molar-refractivity contribution in [3.8, 4) is 0 Å². The zero-order chi connectivity index (χ0) is 29.8. The van der Waals surface area contributed by atoms with Crippen LogP contribution in [0.15, 0.2) is 23.8 Å². The summed E-state index contributed by atoms with van der Waals surface area (Å²) in [6.45, 7) is 22.8.